The Morgan fingerprint density at radius 2 is 2.13 bits per heavy atom. The number of carbonyl (C=O) groups excluding carboxylic acids is 1. The number of hydrogen-bond acceptors (Lipinski definition) is 3. The second-order valence-corrected chi connectivity index (χ2v) is 7.82. The first-order valence-corrected chi connectivity index (χ1v) is 8.66. The molecular weight excluding hydrogens is 290 g/mol. The second-order valence-electron chi connectivity index (χ2n) is 7.82. The summed E-state index contributed by atoms with van der Waals surface area (Å²) in [4.78, 5) is 13.9. The molecule has 0 spiro atoms. The molecule has 0 radical (unpaired) electrons. The van der Waals surface area contributed by atoms with Gasteiger partial charge in [-0.2, -0.15) is 0 Å². The van der Waals surface area contributed by atoms with E-state index >= 15 is 0 Å². The lowest BCUT2D eigenvalue weighted by atomic mass is 9.65. The van der Waals surface area contributed by atoms with Gasteiger partial charge in [0, 0.05) is 20.1 Å². The zero-order chi connectivity index (χ0) is 17.1. The third-order valence-electron chi connectivity index (χ3n) is 5.35. The molecule has 1 fully saturated rings. The Labute approximate surface area is 140 Å². The van der Waals surface area contributed by atoms with Gasteiger partial charge in [-0.05, 0) is 56.6 Å². The van der Waals surface area contributed by atoms with Crippen molar-refractivity contribution in [3.05, 3.63) is 24.2 Å². The fourth-order valence-corrected chi connectivity index (χ4v) is 3.81. The van der Waals surface area contributed by atoms with Crippen molar-refractivity contribution >= 4 is 5.91 Å². The molecule has 1 aliphatic heterocycles. The van der Waals surface area contributed by atoms with Crippen LogP contribution in [-0.2, 0) is 16.1 Å². The molecule has 2 heterocycles. The van der Waals surface area contributed by atoms with E-state index in [-0.39, 0.29) is 16.9 Å². The maximum atomic E-state index is 12.0. The van der Waals surface area contributed by atoms with Crippen LogP contribution in [-0.4, -0.2) is 29.6 Å². The molecule has 0 unspecified atom stereocenters. The quantitative estimate of drug-likeness (QED) is 0.786. The highest BCUT2D eigenvalue weighted by Crippen LogP contribution is 2.46. The van der Waals surface area contributed by atoms with E-state index in [0.717, 1.165) is 38.2 Å². The lowest BCUT2D eigenvalue weighted by Crippen LogP contribution is -2.46. The van der Waals surface area contributed by atoms with Gasteiger partial charge in [-0.1, -0.05) is 13.8 Å². The van der Waals surface area contributed by atoms with E-state index in [2.05, 4.69) is 27.7 Å². The van der Waals surface area contributed by atoms with Gasteiger partial charge in [-0.15, -0.1) is 0 Å². The maximum absolute atomic E-state index is 12.0. The van der Waals surface area contributed by atoms with Crippen LogP contribution in [0.3, 0.4) is 0 Å². The van der Waals surface area contributed by atoms with Gasteiger partial charge in [0.2, 0.25) is 5.91 Å². The van der Waals surface area contributed by atoms with Crippen LogP contribution in [0.4, 0.5) is 0 Å². The van der Waals surface area contributed by atoms with E-state index in [1.165, 1.54) is 0 Å². The molecule has 130 valence electrons. The molecule has 0 N–H and O–H groups in total. The van der Waals surface area contributed by atoms with Gasteiger partial charge in [-0.3, -0.25) is 4.79 Å². The number of hydrogen-bond donors (Lipinski definition) is 0. The largest absolute Gasteiger partial charge is 0.467 e. The summed E-state index contributed by atoms with van der Waals surface area (Å²) in [5.41, 5.74) is 0.156. The van der Waals surface area contributed by atoms with Crippen LogP contribution in [0.15, 0.2) is 22.8 Å². The number of ether oxygens (including phenoxy) is 1. The number of furan rings is 1. The molecule has 1 aromatic rings. The van der Waals surface area contributed by atoms with Crippen molar-refractivity contribution in [1.82, 2.24) is 4.90 Å². The van der Waals surface area contributed by atoms with E-state index in [1.807, 2.05) is 17.0 Å². The van der Waals surface area contributed by atoms with Gasteiger partial charge in [0.05, 0.1) is 18.4 Å². The summed E-state index contributed by atoms with van der Waals surface area (Å²) in [5, 5.41) is 0. The van der Waals surface area contributed by atoms with E-state index in [0.29, 0.717) is 12.5 Å². The molecule has 1 aromatic heterocycles. The van der Waals surface area contributed by atoms with Crippen molar-refractivity contribution < 1.29 is 13.9 Å². The predicted octanol–water partition coefficient (Wildman–Crippen LogP) is 4.25. The lowest BCUT2D eigenvalue weighted by Gasteiger charge is -2.48. The summed E-state index contributed by atoms with van der Waals surface area (Å²) in [6.45, 7) is 12.7. The van der Waals surface area contributed by atoms with Crippen molar-refractivity contribution in [2.75, 3.05) is 13.2 Å². The molecule has 2 rings (SSSR count). The topological polar surface area (TPSA) is 42.7 Å². The Morgan fingerprint density at radius 3 is 2.65 bits per heavy atom. The highest BCUT2D eigenvalue weighted by molar-refractivity contribution is 5.73. The Bertz CT molecular complexity index is 507. The van der Waals surface area contributed by atoms with Crippen LogP contribution >= 0.6 is 0 Å². The van der Waals surface area contributed by atoms with Crippen LogP contribution in [0.25, 0.3) is 0 Å². The fourth-order valence-electron chi connectivity index (χ4n) is 3.81. The molecule has 0 saturated carbocycles. The minimum atomic E-state index is -0.0788. The summed E-state index contributed by atoms with van der Waals surface area (Å²) in [5.74, 6) is 1.51. The van der Waals surface area contributed by atoms with Gasteiger partial charge in [0.25, 0.3) is 0 Å². The molecule has 23 heavy (non-hydrogen) atoms. The highest BCUT2D eigenvalue weighted by atomic mass is 16.5. The normalized spacial score (nSPS) is 23.9. The summed E-state index contributed by atoms with van der Waals surface area (Å²) in [6.07, 6.45) is 4.78. The minimum Gasteiger partial charge on any atom is -0.467 e. The summed E-state index contributed by atoms with van der Waals surface area (Å²) in [6, 6.07) is 3.79. The van der Waals surface area contributed by atoms with E-state index in [1.54, 1.807) is 13.2 Å². The Kier molecular flexibility index (Phi) is 5.56. The van der Waals surface area contributed by atoms with Crippen LogP contribution in [0.2, 0.25) is 0 Å². The standard InChI is InChI=1S/C19H31NO3/c1-15(2)19(9-12-23-18(4,5)14-19)8-10-20(16(3)21)13-17-7-6-11-22-17/h6-7,11,15H,8-10,12-14H2,1-5H3/t19-/m0/s1. The third-order valence-corrected chi connectivity index (χ3v) is 5.35. The third kappa shape index (κ3) is 4.60. The smallest absolute Gasteiger partial charge is 0.219 e. The van der Waals surface area contributed by atoms with Crippen LogP contribution in [0, 0.1) is 11.3 Å². The van der Waals surface area contributed by atoms with Crippen molar-refractivity contribution in [1.29, 1.82) is 0 Å². The first-order chi connectivity index (χ1) is 10.7. The van der Waals surface area contributed by atoms with Crippen LogP contribution in [0.5, 0.6) is 0 Å². The molecule has 1 saturated heterocycles. The van der Waals surface area contributed by atoms with Gasteiger partial charge in [0.15, 0.2) is 0 Å². The minimum absolute atomic E-state index is 0.0788. The summed E-state index contributed by atoms with van der Waals surface area (Å²) in [7, 11) is 0. The average Bonchev–Trinajstić information content (AvgIpc) is 2.94. The fraction of sp³-hybridized carbons (Fsp3) is 0.737. The van der Waals surface area contributed by atoms with E-state index in [9.17, 15) is 4.79 Å². The molecule has 0 aromatic carbocycles. The van der Waals surface area contributed by atoms with E-state index in [4.69, 9.17) is 9.15 Å². The van der Waals surface area contributed by atoms with Gasteiger partial charge in [-0.25, -0.2) is 0 Å². The van der Waals surface area contributed by atoms with Crippen molar-refractivity contribution in [2.24, 2.45) is 11.3 Å². The molecule has 1 atom stereocenters. The average molecular weight is 321 g/mol. The van der Waals surface area contributed by atoms with Gasteiger partial charge < -0.3 is 14.1 Å². The van der Waals surface area contributed by atoms with Gasteiger partial charge in [0.1, 0.15) is 5.76 Å². The molecule has 4 heteroatoms. The molecular formula is C19H31NO3. The number of amides is 1. The SMILES string of the molecule is CC(=O)N(CC[C@]1(C(C)C)CCOC(C)(C)C1)Cc1ccco1. The molecule has 0 bridgehead atoms. The first kappa shape index (κ1) is 18.1. The van der Waals surface area contributed by atoms with Crippen molar-refractivity contribution in [2.45, 2.75) is 66.0 Å². The molecule has 1 aliphatic rings. The zero-order valence-electron chi connectivity index (χ0n) is 15.2. The van der Waals surface area contributed by atoms with Crippen molar-refractivity contribution in [3.63, 3.8) is 0 Å². The lowest BCUT2D eigenvalue weighted by molar-refractivity contribution is -0.134. The van der Waals surface area contributed by atoms with Crippen molar-refractivity contribution in [3.8, 4) is 0 Å². The second kappa shape index (κ2) is 7.08. The zero-order valence-corrected chi connectivity index (χ0v) is 15.2. The number of nitrogens with zero attached hydrogens (tertiary/aromatic N) is 1. The van der Waals surface area contributed by atoms with E-state index < -0.39 is 0 Å². The number of rotatable bonds is 6. The molecule has 4 nitrogen and oxygen atoms in total. The summed E-state index contributed by atoms with van der Waals surface area (Å²) < 4.78 is 11.3. The summed E-state index contributed by atoms with van der Waals surface area (Å²) >= 11 is 0. The van der Waals surface area contributed by atoms with Gasteiger partial charge >= 0.3 is 0 Å². The van der Waals surface area contributed by atoms with Crippen LogP contribution in [0.1, 0.15) is 59.6 Å². The van der Waals surface area contributed by atoms with Crippen LogP contribution < -0.4 is 0 Å². The predicted molar refractivity (Wildman–Crippen MR) is 91.0 cm³/mol. The highest BCUT2D eigenvalue weighted by Gasteiger charge is 2.42. The number of carbonyl (C=O) groups is 1. The molecule has 0 aliphatic carbocycles. The monoisotopic (exact) mass is 321 g/mol. The molecule has 1 amide bonds. The first-order valence-electron chi connectivity index (χ1n) is 8.66. The Hall–Kier alpha value is -1.29. The Morgan fingerprint density at radius 1 is 1.39 bits per heavy atom. The maximum Gasteiger partial charge on any atom is 0.219 e. The Balaban J connectivity index is 2.05.